The van der Waals surface area contributed by atoms with Crippen LogP contribution in [0.1, 0.15) is 37.0 Å². The molecule has 7 heteroatoms. The Bertz CT molecular complexity index is 670. The summed E-state index contributed by atoms with van der Waals surface area (Å²) in [5.41, 5.74) is 1.12. The van der Waals surface area contributed by atoms with Crippen LogP contribution in [0.2, 0.25) is 0 Å². The molecule has 2 aromatic heterocycles. The molecule has 1 fully saturated rings. The van der Waals surface area contributed by atoms with Gasteiger partial charge in [-0.25, -0.2) is 4.98 Å². The van der Waals surface area contributed by atoms with Gasteiger partial charge in [0.15, 0.2) is 5.96 Å². The highest BCUT2D eigenvalue weighted by Crippen LogP contribution is 2.23. The molecule has 6 nitrogen and oxygen atoms in total. The van der Waals surface area contributed by atoms with Gasteiger partial charge in [-0.15, -0.1) is 24.0 Å². The maximum absolute atomic E-state index is 5.96. The first kappa shape index (κ1) is 20.5. The van der Waals surface area contributed by atoms with Crippen molar-refractivity contribution in [2.24, 2.45) is 4.99 Å². The van der Waals surface area contributed by atoms with Crippen LogP contribution in [-0.2, 0) is 13.0 Å². The first-order chi connectivity index (χ1) is 12.3. The number of halogens is 1. The zero-order chi connectivity index (χ0) is 17.3. The number of nitrogens with one attached hydrogen (secondary N) is 2. The second-order valence-corrected chi connectivity index (χ2v) is 6.21. The van der Waals surface area contributed by atoms with Crippen molar-refractivity contribution in [1.29, 1.82) is 0 Å². The molecule has 0 bridgehead atoms. The van der Waals surface area contributed by atoms with Crippen molar-refractivity contribution < 1.29 is 9.15 Å². The Morgan fingerprint density at radius 2 is 2.15 bits per heavy atom. The maximum atomic E-state index is 5.96. The predicted molar refractivity (Wildman–Crippen MR) is 113 cm³/mol. The Morgan fingerprint density at radius 1 is 1.31 bits per heavy atom. The lowest BCUT2D eigenvalue weighted by molar-refractivity contribution is 0.201. The Morgan fingerprint density at radius 3 is 2.88 bits per heavy atom. The number of hydrogen-bond acceptors (Lipinski definition) is 4. The van der Waals surface area contributed by atoms with Crippen molar-refractivity contribution in [3.05, 3.63) is 48.0 Å². The van der Waals surface area contributed by atoms with Gasteiger partial charge in [-0.2, -0.15) is 0 Å². The molecule has 0 unspecified atom stereocenters. The summed E-state index contributed by atoms with van der Waals surface area (Å²) in [7, 11) is 1.77. The number of furan rings is 1. The minimum Gasteiger partial charge on any atom is -0.474 e. The second kappa shape index (κ2) is 11.1. The van der Waals surface area contributed by atoms with Gasteiger partial charge in [0.2, 0.25) is 5.88 Å². The highest BCUT2D eigenvalue weighted by molar-refractivity contribution is 14.0. The number of pyridine rings is 1. The fraction of sp³-hybridized carbons (Fsp3) is 0.474. The highest BCUT2D eigenvalue weighted by Gasteiger charge is 2.17. The van der Waals surface area contributed by atoms with Crippen molar-refractivity contribution in [2.75, 3.05) is 13.6 Å². The van der Waals surface area contributed by atoms with E-state index in [4.69, 9.17) is 9.15 Å². The molecule has 0 aromatic carbocycles. The molecule has 1 saturated carbocycles. The van der Waals surface area contributed by atoms with Gasteiger partial charge in [0, 0.05) is 38.8 Å². The Labute approximate surface area is 171 Å². The lowest BCUT2D eigenvalue weighted by atomic mass is 10.2. The normalized spacial score (nSPS) is 14.7. The van der Waals surface area contributed by atoms with E-state index >= 15 is 0 Å². The zero-order valence-corrected chi connectivity index (χ0v) is 17.4. The van der Waals surface area contributed by atoms with Crippen LogP contribution < -0.4 is 15.4 Å². The lowest BCUT2D eigenvalue weighted by Crippen LogP contribution is -2.37. The Balaban J connectivity index is 0.00000243. The number of ether oxygens (including phenoxy) is 1. The molecular weight excluding hydrogens is 443 g/mol. The van der Waals surface area contributed by atoms with Crippen LogP contribution in [-0.4, -0.2) is 30.6 Å². The summed E-state index contributed by atoms with van der Waals surface area (Å²) < 4.78 is 11.3. The van der Waals surface area contributed by atoms with Gasteiger partial charge < -0.3 is 19.8 Å². The number of aliphatic imine (C=N–C) groups is 1. The molecule has 0 radical (unpaired) electrons. The molecule has 2 aromatic rings. The van der Waals surface area contributed by atoms with E-state index in [0.29, 0.717) is 18.5 Å². The summed E-state index contributed by atoms with van der Waals surface area (Å²) >= 11 is 0. The van der Waals surface area contributed by atoms with Gasteiger partial charge in [0.1, 0.15) is 11.9 Å². The zero-order valence-electron chi connectivity index (χ0n) is 15.1. The van der Waals surface area contributed by atoms with Crippen LogP contribution in [0.5, 0.6) is 5.88 Å². The van der Waals surface area contributed by atoms with Crippen LogP contribution in [0.3, 0.4) is 0 Å². The van der Waals surface area contributed by atoms with E-state index in [0.717, 1.165) is 43.1 Å². The third-order valence-electron chi connectivity index (χ3n) is 4.32. The summed E-state index contributed by atoms with van der Waals surface area (Å²) in [4.78, 5) is 8.57. The summed E-state index contributed by atoms with van der Waals surface area (Å²) in [5, 5.41) is 6.59. The third kappa shape index (κ3) is 6.51. The SMILES string of the molecule is CN=C(NCCc1ccco1)NCc1ccnc(OC2CCCC2)c1.I. The number of hydrogen-bond donors (Lipinski definition) is 2. The van der Waals surface area contributed by atoms with Gasteiger partial charge in [-0.3, -0.25) is 4.99 Å². The van der Waals surface area contributed by atoms with E-state index in [2.05, 4.69) is 20.6 Å². The number of rotatable bonds is 7. The Kier molecular flexibility index (Phi) is 8.73. The van der Waals surface area contributed by atoms with Crippen molar-refractivity contribution in [1.82, 2.24) is 15.6 Å². The topological polar surface area (TPSA) is 71.7 Å². The molecule has 0 saturated heterocycles. The first-order valence-corrected chi connectivity index (χ1v) is 8.92. The van der Waals surface area contributed by atoms with Crippen LogP contribution in [0.4, 0.5) is 0 Å². The third-order valence-corrected chi connectivity index (χ3v) is 4.32. The van der Waals surface area contributed by atoms with Gasteiger partial charge >= 0.3 is 0 Å². The maximum Gasteiger partial charge on any atom is 0.213 e. The standard InChI is InChI=1S/C19H26N4O2.HI/c1-20-19(22-11-9-16-7-4-12-24-16)23-14-15-8-10-21-18(13-15)25-17-5-2-3-6-17;/h4,7-8,10,12-13,17H,2-3,5-6,9,11,14H2,1H3,(H2,20,22,23);1H. The summed E-state index contributed by atoms with van der Waals surface area (Å²) in [6.07, 6.45) is 9.42. The number of aromatic nitrogens is 1. The van der Waals surface area contributed by atoms with Gasteiger partial charge in [0.05, 0.1) is 6.26 Å². The summed E-state index contributed by atoms with van der Waals surface area (Å²) in [6.45, 7) is 1.43. The van der Waals surface area contributed by atoms with E-state index in [1.54, 1.807) is 19.5 Å². The van der Waals surface area contributed by atoms with Crippen molar-refractivity contribution in [3.8, 4) is 5.88 Å². The average Bonchev–Trinajstić information content (AvgIpc) is 3.32. The molecule has 142 valence electrons. The van der Waals surface area contributed by atoms with Gasteiger partial charge in [0.25, 0.3) is 0 Å². The fourth-order valence-corrected chi connectivity index (χ4v) is 2.97. The summed E-state index contributed by atoms with van der Waals surface area (Å²) in [5.74, 6) is 2.44. The Hall–Kier alpha value is -1.77. The minimum absolute atomic E-state index is 0. The van der Waals surface area contributed by atoms with E-state index in [1.807, 2.05) is 24.3 Å². The molecule has 2 heterocycles. The number of nitrogens with zero attached hydrogens (tertiary/aromatic N) is 2. The van der Waals surface area contributed by atoms with E-state index < -0.39 is 0 Å². The second-order valence-electron chi connectivity index (χ2n) is 6.21. The molecule has 2 N–H and O–H groups in total. The molecule has 0 amide bonds. The highest BCUT2D eigenvalue weighted by atomic mass is 127. The van der Waals surface area contributed by atoms with Gasteiger partial charge in [-0.1, -0.05) is 0 Å². The van der Waals surface area contributed by atoms with Crippen LogP contribution in [0, 0.1) is 0 Å². The first-order valence-electron chi connectivity index (χ1n) is 8.92. The molecule has 26 heavy (non-hydrogen) atoms. The molecule has 1 aliphatic rings. The van der Waals surface area contributed by atoms with E-state index in [-0.39, 0.29) is 24.0 Å². The van der Waals surface area contributed by atoms with Crippen molar-refractivity contribution in [3.63, 3.8) is 0 Å². The fourth-order valence-electron chi connectivity index (χ4n) is 2.97. The van der Waals surface area contributed by atoms with Crippen LogP contribution in [0.15, 0.2) is 46.1 Å². The largest absolute Gasteiger partial charge is 0.474 e. The van der Waals surface area contributed by atoms with Crippen LogP contribution >= 0.6 is 24.0 Å². The molecule has 3 rings (SSSR count). The van der Waals surface area contributed by atoms with Gasteiger partial charge in [-0.05, 0) is 49.4 Å². The lowest BCUT2D eigenvalue weighted by Gasteiger charge is -2.14. The average molecular weight is 470 g/mol. The molecular formula is C19H27IN4O2. The van der Waals surface area contributed by atoms with Crippen LogP contribution in [0.25, 0.3) is 0 Å². The summed E-state index contributed by atoms with van der Waals surface area (Å²) in [6, 6.07) is 7.86. The predicted octanol–water partition coefficient (Wildman–Crippen LogP) is 3.52. The van der Waals surface area contributed by atoms with Crippen molar-refractivity contribution >= 4 is 29.9 Å². The molecule has 0 atom stereocenters. The van der Waals surface area contributed by atoms with E-state index in [1.165, 1.54) is 12.8 Å². The molecule has 0 spiro atoms. The quantitative estimate of drug-likeness (QED) is 0.368. The van der Waals surface area contributed by atoms with E-state index in [9.17, 15) is 0 Å². The molecule has 0 aliphatic heterocycles. The van der Waals surface area contributed by atoms with Crippen molar-refractivity contribution in [2.45, 2.75) is 44.8 Å². The number of guanidine groups is 1. The molecule has 1 aliphatic carbocycles. The monoisotopic (exact) mass is 470 g/mol. The minimum atomic E-state index is 0. The smallest absolute Gasteiger partial charge is 0.213 e.